The van der Waals surface area contributed by atoms with Crippen LogP contribution in [0.5, 0.6) is 0 Å². The summed E-state index contributed by atoms with van der Waals surface area (Å²) in [5.74, 6) is 1.19. The van der Waals surface area contributed by atoms with Crippen molar-refractivity contribution in [3.63, 3.8) is 0 Å². The van der Waals surface area contributed by atoms with Crippen molar-refractivity contribution in [2.45, 2.75) is 20.5 Å². The standard InChI is InChI=1S/C17H29N3O3S/c1-4-24(21,22)11-10-19-17(18-3)20-12-15(2)13-23-14-16-8-6-5-7-9-16/h5-9,15H,4,10-14H2,1-3H3,(H2,18,19,20). The molecule has 0 spiro atoms. The third-order valence-corrected chi connectivity index (χ3v) is 5.21. The van der Waals surface area contributed by atoms with Gasteiger partial charge in [-0.05, 0) is 11.5 Å². The molecular weight excluding hydrogens is 326 g/mol. The average Bonchev–Trinajstić information content (AvgIpc) is 2.58. The van der Waals surface area contributed by atoms with E-state index in [0.29, 0.717) is 38.2 Å². The van der Waals surface area contributed by atoms with Crippen LogP contribution in [0.25, 0.3) is 0 Å². The van der Waals surface area contributed by atoms with Crippen molar-refractivity contribution in [3.8, 4) is 0 Å². The first-order chi connectivity index (χ1) is 11.5. The molecular formula is C17H29N3O3S. The number of hydrogen-bond acceptors (Lipinski definition) is 4. The van der Waals surface area contributed by atoms with E-state index in [2.05, 4.69) is 22.5 Å². The number of sulfone groups is 1. The Bertz CT molecular complexity index is 588. The summed E-state index contributed by atoms with van der Waals surface area (Å²) in [7, 11) is -1.29. The number of benzene rings is 1. The third-order valence-electron chi connectivity index (χ3n) is 3.50. The zero-order valence-electron chi connectivity index (χ0n) is 14.8. The van der Waals surface area contributed by atoms with Crippen molar-refractivity contribution in [1.29, 1.82) is 0 Å². The highest BCUT2D eigenvalue weighted by molar-refractivity contribution is 7.91. The molecule has 0 amide bonds. The maximum atomic E-state index is 11.5. The first kappa shape index (κ1) is 20.4. The molecule has 0 saturated heterocycles. The molecule has 1 aromatic carbocycles. The van der Waals surface area contributed by atoms with Crippen molar-refractivity contribution in [2.75, 3.05) is 38.2 Å². The minimum Gasteiger partial charge on any atom is -0.376 e. The summed E-state index contributed by atoms with van der Waals surface area (Å²) < 4.78 is 28.6. The Morgan fingerprint density at radius 1 is 1.25 bits per heavy atom. The highest BCUT2D eigenvalue weighted by Gasteiger charge is 2.08. The van der Waals surface area contributed by atoms with Gasteiger partial charge >= 0.3 is 0 Å². The number of nitrogens with one attached hydrogen (secondary N) is 2. The molecule has 0 radical (unpaired) electrons. The first-order valence-corrected chi connectivity index (χ1v) is 10.1. The second-order valence-electron chi connectivity index (χ2n) is 5.72. The lowest BCUT2D eigenvalue weighted by Crippen LogP contribution is -2.41. The molecule has 1 rings (SSSR count). The van der Waals surface area contributed by atoms with E-state index in [1.807, 2.05) is 30.3 Å². The molecule has 1 aromatic rings. The normalized spacial score (nSPS) is 13.5. The molecule has 1 atom stereocenters. The van der Waals surface area contributed by atoms with Crippen LogP contribution in [0.1, 0.15) is 19.4 Å². The van der Waals surface area contributed by atoms with E-state index in [1.54, 1.807) is 14.0 Å². The van der Waals surface area contributed by atoms with Crippen LogP contribution < -0.4 is 10.6 Å². The van der Waals surface area contributed by atoms with Gasteiger partial charge in [-0.25, -0.2) is 8.42 Å². The molecule has 1 unspecified atom stereocenters. The highest BCUT2D eigenvalue weighted by atomic mass is 32.2. The number of hydrogen-bond donors (Lipinski definition) is 2. The zero-order valence-corrected chi connectivity index (χ0v) is 15.6. The van der Waals surface area contributed by atoms with Crippen molar-refractivity contribution >= 4 is 15.8 Å². The summed E-state index contributed by atoms with van der Waals surface area (Å²) >= 11 is 0. The minimum atomic E-state index is -2.96. The molecule has 0 saturated carbocycles. The molecule has 7 heteroatoms. The number of nitrogens with zero attached hydrogens (tertiary/aromatic N) is 1. The topological polar surface area (TPSA) is 79.8 Å². The van der Waals surface area contributed by atoms with Gasteiger partial charge in [-0.1, -0.05) is 44.2 Å². The highest BCUT2D eigenvalue weighted by Crippen LogP contribution is 2.02. The van der Waals surface area contributed by atoms with Crippen LogP contribution in [0, 0.1) is 5.92 Å². The Morgan fingerprint density at radius 2 is 1.96 bits per heavy atom. The van der Waals surface area contributed by atoms with E-state index < -0.39 is 9.84 Å². The van der Waals surface area contributed by atoms with Gasteiger partial charge in [0.15, 0.2) is 15.8 Å². The van der Waals surface area contributed by atoms with Gasteiger partial charge in [0.25, 0.3) is 0 Å². The van der Waals surface area contributed by atoms with Gasteiger partial charge in [-0.15, -0.1) is 0 Å². The van der Waals surface area contributed by atoms with E-state index in [4.69, 9.17) is 4.74 Å². The van der Waals surface area contributed by atoms with E-state index in [1.165, 1.54) is 0 Å². The summed E-state index contributed by atoms with van der Waals surface area (Å²) in [6, 6.07) is 10.1. The summed E-state index contributed by atoms with van der Waals surface area (Å²) in [5.41, 5.74) is 1.16. The van der Waals surface area contributed by atoms with E-state index >= 15 is 0 Å². The Morgan fingerprint density at radius 3 is 2.58 bits per heavy atom. The maximum absolute atomic E-state index is 11.5. The first-order valence-electron chi connectivity index (χ1n) is 8.23. The smallest absolute Gasteiger partial charge is 0.191 e. The van der Waals surface area contributed by atoms with Crippen molar-refractivity contribution < 1.29 is 13.2 Å². The summed E-state index contributed by atoms with van der Waals surface area (Å²) in [6.45, 7) is 6.05. The predicted octanol–water partition coefficient (Wildman–Crippen LogP) is 1.44. The quantitative estimate of drug-likeness (QED) is 0.490. The summed E-state index contributed by atoms with van der Waals surface area (Å²) in [6.07, 6.45) is 0. The second kappa shape index (κ2) is 11.0. The van der Waals surface area contributed by atoms with Crippen LogP contribution in [0.4, 0.5) is 0 Å². The number of aliphatic imine (C=N–C) groups is 1. The van der Waals surface area contributed by atoms with E-state index in [0.717, 1.165) is 5.56 Å². The Hall–Kier alpha value is -1.60. The number of rotatable bonds is 10. The van der Waals surface area contributed by atoms with Crippen LogP contribution in [-0.4, -0.2) is 52.6 Å². The Labute approximate surface area is 145 Å². The fourth-order valence-corrected chi connectivity index (χ4v) is 2.67. The van der Waals surface area contributed by atoms with Crippen LogP contribution in [0.2, 0.25) is 0 Å². The summed E-state index contributed by atoms with van der Waals surface area (Å²) in [4.78, 5) is 4.09. The van der Waals surface area contributed by atoms with Crippen molar-refractivity contribution in [3.05, 3.63) is 35.9 Å². The van der Waals surface area contributed by atoms with Gasteiger partial charge in [0.1, 0.15) is 0 Å². The van der Waals surface area contributed by atoms with Gasteiger partial charge in [0, 0.05) is 25.9 Å². The molecule has 0 aliphatic heterocycles. The molecule has 0 heterocycles. The second-order valence-corrected chi connectivity index (χ2v) is 8.19. The number of ether oxygens (including phenoxy) is 1. The SMILES string of the molecule is CCS(=O)(=O)CCNC(=NC)NCC(C)COCc1ccccc1. The maximum Gasteiger partial charge on any atom is 0.191 e. The largest absolute Gasteiger partial charge is 0.376 e. The Balaban J connectivity index is 2.20. The minimum absolute atomic E-state index is 0.111. The van der Waals surface area contributed by atoms with E-state index in [9.17, 15) is 8.42 Å². The molecule has 0 fully saturated rings. The molecule has 24 heavy (non-hydrogen) atoms. The third kappa shape index (κ3) is 8.88. The molecule has 2 N–H and O–H groups in total. The molecule has 0 aliphatic rings. The van der Waals surface area contributed by atoms with Gasteiger partial charge in [0.2, 0.25) is 0 Å². The molecule has 0 bridgehead atoms. The predicted molar refractivity (Wildman–Crippen MR) is 99.0 cm³/mol. The average molecular weight is 356 g/mol. The van der Waals surface area contributed by atoms with Gasteiger partial charge < -0.3 is 15.4 Å². The fraction of sp³-hybridized carbons (Fsp3) is 0.588. The van der Waals surface area contributed by atoms with Crippen molar-refractivity contribution in [2.24, 2.45) is 10.9 Å². The molecule has 0 aromatic heterocycles. The van der Waals surface area contributed by atoms with Crippen LogP contribution in [-0.2, 0) is 21.2 Å². The molecule has 136 valence electrons. The molecule has 6 nitrogen and oxygen atoms in total. The van der Waals surface area contributed by atoms with Crippen LogP contribution in [0.3, 0.4) is 0 Å². The van der Waals surface area contributed by atoms with Crippen LogP contribution in [0.15, 0.2) is 35.3 Å². The zero-order chi connectivity index (χ0) is 17.8. The number of guanidine groups is 1. The van der Waals surface area contributed by atoms with Gasteiger partial charge in [-0.2, -0.15) is 0 Å². The van der Waals surface area contributed by atoms with Crippen molar-refractivity contribution in [1.82, 2.24) is 10.6 Å². The van der Waals surface area contributed by atoms with Crippen LogP contribution >= 0.6 is 0 Å². The lowest BCUT2D eigenvalue weighted by atomic mass is 10.2. The van der Waals surface area contributed by atoms with Gasteiger partial charge in [0.05, 0.1) is 19.0 Å². The van der Waals surface area contributed by atoms with Gasteiger partial charge in [-0.3, -0.25) is 4.99 Å². The fourth-order valence-electron chi connectivity index (χ4n) is 1.97. The lowest BCUT2D eigenvalue weighted by molar-refractivity contribution is 0.0931. The lowest BCUT2D eigenvalue weighted by Gasteiger charge is -2.16. The van der Waals surface area contributed by atoms with E-state index in [-0.39, 0.29) is 11.5 Å². The Kier molecular flexibility index (Phi) is 9.41. The summed E-state index contributed by atoms with van der Waals surface area (Å²) in [5, 5.41) is 6.20. The monoisotopic (exact) mass is 355 g/mol. The molecule has 0 aliphatic carbocycles.